The van der Waals surface area contributed by atoms with Crippen molar-refractivity contribution in [3.8, 4) is 0 Å². The number of carboxylic acids is 3. The highest BCUT2D eigenvalue weighted by atomic mass is 19.4. The molecule has 2 atom stereocenters. The lowest BCUT2D eigenvalue weighted by atomic mass is 9.41. The molecule has 0 heterocycles. The van der Waals surface area contributed by atoms with Crippen LogP contribution in [0.3, 0.4) is 0 Å². The van der Waals surface area contributed by atoms with Crippen LogP contribution in [0, 0.1) is 16.2 Å². The van der Waals surface area contributed by atoms with Gasteiger partial charge in [-0.3, -0.25) is 0 Å². The minimum Gasteiger partial charge on any atom is -0.478 e. The zero-order chi connectivity index (χ0) is 46.9. The van der Waals surface area contributed by atoms with Crippen LogP contribution >= 0.6 is 0 Å². The predicted octanol–water partition coefficient (Wildman–Crippen LogP) is 13.3. The molecule has 60 heavy (non-hydrogen) atoms. The van der Waals surface area contributed by atoms with E-state index < -0.39 is 144 Å². The zero-order valence-electron chi connectivity index (χ0n) is 33.1. The lowest BCUT2D eigenvalue weighted by molar-refractivity contribution is -0.470. The van der Waals surface area contributed by atoms with Crippen molar-refractivity contribution >= 4 is 17.9 Å². The molecule has 0 aliphatic heterocycles. The third-order valence-corrected chi connectivity index (χ3v) is 11.8. The van der Waals surface area contributed by atoms with Crippen LogP contribution in [0.2, 0.25) is 0 Å². The number of rotatable bonds is 23. The van der Waals surface area contributed by atoms with Gasteiger partial charge in [0.15, 0.2) is 0 Å². The van der Waals surface area contributed by atoms with Crippen molar-refractivity contribution < 1.29 is 95.6 Å². The fourth-order valence-corrected chi connectivity index (χ4v) is 8.45. The maximum Gasteiger partial charge on any atom is 0.384 e. The van der Waals surface area contributed by atoms with Crippen LogP contribution in [0.15, 0.2) is 36.2 Å². The van der Waals surface area contributed by atoms with E-state index in [1.54, 1.807) is 0 Å². The summed E-state index contributed by atoms with van der Waals surface area (Å²) < 4.78 is 238. The summed E-state index contributed by atoms with van der Waals surface area (Å²) in [6.07, 6.45) is -2.43. The van der Waals surface area contributed by atoms with Gasteiger partial charge in [-0.25, -0.2) is 14.4 Å². The molecule has 0 spiro atoms. The summed E-state index contributed by atoms with van der Waals surface area (Å²) in [6.45, 7) is 2.67. The van der Waals surface area contributed by atoms with E-state index in [9.17, 15) is 29.7 Å². The molecule has 0 amide bonds. The van der Waals surface area contributed by atoms with Crippen LogP contribution in [-0.4, -0.2) is 74.7 Å². The second kappa shape index (κ2) is 20.2. The number of carbonyl (C=O) groups is 3. The molecule has 6 nitrogen and oxygen atoms in total. The van der Waals surface area contributed by atoms with Crippen molar-refractivity contribution in [2.24, 2.45) is 16.2 Å². The quantitative estimate of drug-likeness (QED) is 0.0535. The summed E-state index contributed by atoms with van der Waals surface area (Å²) in [5, 5.41) is 28.3. The molecule has 0 aromatic rings. The van der Waals surface area contributed by atoms with Crippen LogP contribution in [-0.2, 0) is 14.4 Å². The van der Waals surface area contributed by atoms with E-state index in [1.165, 1.54) is 0 Å². The van der Waals surface area contributed by atoms with Crippen molar-refractivity contribution in [1.29, 1.82) is 0 Å². The van der Waals surface area contributed by atoms with E-state index in [0.717, 1.165) is 51.4 Å². The highest BCUT2D eigenvalue weighted by molar-refractivity contribution is 5.85. The molecule has 1 aliphatic carbocycles. The molecule has 0 aromatic heterocycles. The molecule has 1 rings (SSSR count). The van der Waals surface area contributed by atoms with Crippen molar-refractivity contribution in [2.75, 3.05) is 0 Å². The molecule has 1 saturated carbocycles. The minimum absolute atomic E-state index is 0.0280. The summed E-state index contributed by atoms with van der Waals surface area (Å²) in [5.41, 5.74) is -15.1. The van der Waals surface area contributed by atoms with E-state index in [-0.39, 0.29) is 12.8 Å². The normalized spacial score (nSPS) is 26.5. The average Bonchev–Trinajstić information content (AvgIpc) is 3.14. The van der Waals surface area contributed by atoms with Gasteiger partial charge in [0, 0.05) is 17.6 Å². The Morgan fingerprint density at radius 2 is 0.767 bits per heavy atom. The number of carboxylic acid groups (broad SMARTS) is 3. The molecule has 2 unspecified atom stereocenters. The summed E-state index contributed by atoms with van der Waals surface area (Å²) in [5.74, 6) is -67.7. The van der Waals surface area contributed by atoms with Gasteiger partial charge in [-0.15, -0.1) is 0 Å². The van der Waals surface area contributed by atoms with Crippen LogP contribution in [0.4, 0.5) is 65.9 Å². The molecule has 3 N–H and O–H groups in total. The van der Waals surface area contributed by atoms with Gasteiger partial charge in [0.05, 0.1) is 10.8 Å². The standard InChI is InChI=1S/C39H51F15O6/c1-4-7-8-9-10-11-12-13-14-15-16-17-18-19-22-31(23-20-27(55)56)30(5-2,6-3)33(41,42)35(45,46)37(49,50)39(53,54)38(51,52)36(47,48)34(43,44)32(31,24-21-28(57)58)25-26(40)29(59)60/h20-21,23-25H,4-19,22H2,1-3H3,(H,55,56)(H,57,58)(H,59,60). The molecule has 1 aliphatic rings. The van der Waals surface area contributed by atoms with E-state index in [4.69, 9.17) is 0 Å². The number of halogens is 15. The second-order valence-electron chi connectivity index (χ2n) is 15.1. The Hall–Kier alpha value is -3.42. The lowest BCUT2D eigenvalue weighted by Gasteiger charge is -2.64. The topological polar surface area (TPSA) is 112 Å². The summed E-state index contributed by atoms with van der Waals surface area (Å²) in [7, 11) is 0. The zero-order valence-corrected chi connectivity index (χ0v) is 33.1. The van der Waals surface area contributed by atoms with Gasteiger partial charge in [0.25, 0.3) is 0 Å². The Morgan fingerprint density at radius 1 is 0.450 bits per heavy atom. The van der Waals surface area contributed by atoms with Crippen molar-refractivity contribution in [3.63, 3.8) is 0 Å². The Balaban J connectivity index is 4.50. The van der Waals surface area contributed by atoms with Gasteiger partial charge in [-0.05, 0) is 25.3 Å². The fourth-order valence-electron chi connectivity index (χ4n) is 8.45. The van der Waals surface area contributed by atoms with Gasteiger partial charge < -0.3 is 15.3 Å². The van der Waals surface area contributed by atoms with Crippen molar-refractivity contribution in [1.82, 2.24) is 0 Å². The van der Waals surface area contributed by atoms with Gasteiger partial charge >= 0.3 is 59.4 Å². The van der Waals surface area contributed by atoms with E-state index in [2.05, 4.69) is 6.92 Å². The van der Waals surface area contributed by atoms with E-state index >= 15 is 65.9 Å². The number of hydrogen-bond acceptors (Lipinski definition) is 3. The first-order valence-corrected chi connectivity index (χ1v) is 19.4. The molecule has 0 bridgehead atoms. The van der Waals surface area contributed by atoms with E-state index in [1.807, 2.05) is 0 Å². The van der Waals surface area contributed by atoms with Crippen molar-refractivity contribution in [2.45, 2.75) is 171 Å². The number of hydrogen-bond donors (Lipinski definition) is 3. The summed E-state index contributed by atoms with van der Waals surface area (Å²) in [4.78, 5) is 35.5. The SMILES string of the molecule is CCCCCCCCCCCCCCCCC1(C=CC(=O)O)C(C=CC(=O)O)(C=C(F)C(=O)O)C(F)(F)C(F)(F)C(F)(F)C(F)(F)C(F)(F)C(F)(F)C(F)(F)C1(CC)CC. The Bertz CT molecular complexity index is 1560. The molecule has 0 aromatic carbocycles. The number of unbranched alkanes of at least 4 members (excludes halogenated alkanes) is 13. The van der Waals surface area contributed by atoms with Gasteiger partial charge in [0.2, 0.25) is 5.83 Å². The highest BCUT2D eigenvalue weighted by Gasteiger charge is 2.98. The van der Waals surface area contributed by atoms with E-state index in [0.29, 0.717) is 26.7 Å². The third-order valence-electron chi connectivity index (χ3n) is 11.8. The largest absolute Gasteiger partial charge is 0.478 e. The summed E-state index contributed by atoms with van der Waals surface area (Å²) in [6, 6.07) is 0. The van der Waals surface area contributed by atoms with Crippen LogP contribution < -0.4 is 0 Å². The molecule has 0 saturated heterocycles. The second-order valence-corrected chi connectivity index (χ2v) is 15.1. The Labute approximate surface area is 337 Å². The average molecular weight is 901 g/mol. The molecule has 348 valence electrons. The molecule has 0 radical (unpaired) electrons. The molecular formula is C39H51F15O6. The smallest absolute Gasteiger partial charge is 0.384 e. The van der Waals surface area contributed by atoms with Gasteiger partial charge in [0.1, 0.15) is 0 Å². The minimum atomic E-state index is -8.55. The van der Waals surface area contributed by atoms with Crippen LogP contribution in [0.1, 0.15) is 130 Å². The Kier molecular flexibility index (Phi) is 18.4. The number of alkyl halides is 14. The maximum absolute atomic E-state index is 17.1. The third kappa shape index (κ3) is 9.19. The number of aliphatic carboxylic acids is 3. The summed E-state index contributed by atoms with van der Waals surface area (Å²) >= 11 is 0. The predicted molar refractivity (Wildman–Crippen MR) is 188 cm³/mol. The first kappa shape index (κ1) is 54.6. The first-order valence-electron chi connectivity index (χ1n) is 19.4. The molecule has 21 heteroatoms. The van der Waals surface area contributed by atoms with Crippen molar-refractivity contribution in [3.05, 3.63) is 36.2 Å². The maximum atomic E-state index is 17.1. The Morgan fingerprint density at radius 3 is 1.10 bits per heavy atom. The molecule has 1 fully saturated rings. The first-order chi connectivity index (χ1) is 27.3. The molecular weight excluding hydrogens is 849 g/mol. The number of allylic oxidation sites excluding steroid dienone is 3. The fraction of sp³-hybridized carbons (Fsp3) is 0.769. The van der Waals surface area contributed by atoms with Crippen LogP contribution in [0.25, 0.3) is 0 Å². The van der Waals surface area contributed by atoms with Crippen LogP contribution in [0.5, 0.6) is 0 Å². The highest BCUT2D eigenvalue weighted by Crippen LogP contribution is 2.77. The monoisotopic (exact) mass is 900 g/mol. The lowest BCUT2D eigenvalue weighted by Crippen LogP contribution is -2.80. The van der Waals surface area contributed by atoms with Gasteiger partial charge in [-0.1, -0.05) is 123 Å². The van der Waals surface area contributed by atoms with Gasteiger partial charge in [-0.2, -0.15) is 65.9 Å².